The minimum Gasteiger partial charge on any atom is -0.461 e. The van der Waals surface area contributed by atoms with Crippen molar-refractivity contribution in [3.63, 3.8) is 0 Å². The molecule has 0 spiro atoms. The van der Waals surface area contributed by atoms with Crippen LogP contribution >= 0.6 is 0 Å². The summed E-state index contributed by atoms with van der Waals surface area (Å²) in [4.78, 5) is 38.1. The van der Waals surface area contributed by atoms with Gasteiger partial charge in [0.25, 0.3) is 0 Å². The lowest BCUT2D eigenvalue weighted by Gasteiger charge is -2.16. The van der Waals surface area contributed by atoms with Crippen molar-refractivity contribution >= 4 is 18.2 Å². The molecule has 0 saturated heterocycles. The zero-order valence-electron chi connectivity index (χ0n) is 29.3. The number of carbonyl (C=O) groups is 3. The van der Waals surface area contributed by atoms with Crippen LogP contribution in [0.5, 0.6) is 5.75 Å². The lowest BCUT2D eigenvalue weighted by Crippen LogP contribution is -2.13. The summed E-state index contributed by atoms with van der Waals surface area (Å²) in [5.74, 6) is 2.91. The Hall–Kier alpha value is -3.76. The molecule has 7 nitrogen and oxygen atoms in total. The van der Waals surface area contributed by atoms with Crippen molar-refractivity contribution in [2.75, 3.05) is 7.11 Å². The number of rotatable bonds is 18. The number of aldehydes is 1. The first-order valence-electron chi connectivity index (χ1n) is 16.5. The summed E-state index contributed by atoms with van der Waals surface area (Å²) in [6.45, 7) is 12.2. The Labute approximate surface area is 278 Å². The SMILES string of the molecule is C#CCC(C=O)CC(C)C.C/C=C\CCCC(=O)Oc1c(C)ncc(COC(=O)CC)c1COC.CCCCCc1ccccc1. The fraction of sp³-hybridized carbons (Fsp3) is 0.538. The van der Waals surface area contributed by atoms with Crippen LogP contribution in [0.15, 0.2) is 48.7 Å². The summed E-state index contributed by atoms with van der Waals surface area (Å²) in [7, 11) is 1.56. The molecular weight excluding hydrogens is 578 g/mol. The van der Waals surface area contributed by atoms with Gasteiger partial charge in [-0.25, -0.2) is 0 Å². The molecular formula is C39H57NO6. The van der Waals surface area contributed by atoms with Crippen molar-refractivity contribution in [3.05, 3.63) is 71.1 Å². The van der Waals surface area contributed by atoms with Gasteiger partial charge in [0.1, 0.15) is 12.9 Å². The van der Waals surface area contributed by atoms with Gasteiger partial charge in [0.05, 0.1) is 12.3 Å². The van der Waals surface area contributed by atoms with Crippen LogP contribution in [-0.2, 0) is 43.5 Å². The largest absolute Gasteiger partial charge is 0.461 e. The van der Waals surface area contributed by atoms with Crippen LogP contribution in [0.2, 0.25) is 0 Å². The molecule has 2 rings (SSSR count). The van der Waals surface area contributed by atoms with Crippen LogP contribution in [-0.4, -0.2) is 30.3 Å². The highest BCUT2D eigenvalue weighted by molar-refractivity contribution is 5.73. The summed E-state index contributed by atoms with van der Waals surface area (Å²) in [5.41, 5.74) is 3.42. The third-order valence-corrected chi connectivity index (χ3v) is 6.83. The zero-order chi connectivity index (χ0) is 34.6. The number of hydrogen-bond acceptors (Lipinski definition) is 7. The molecule has 46 heavy (non-hydrogen) atoms. The topological polar surface area (TPSA) is 91.8 Å². The van der Waals surface area contributed by atoms with Gasteiger partial charge in [-0.05, 0) is 57.4 Å². The number of methoxy groups -OCH3 is 1. The van der Waals surface area contributed by atoms with Crippen molar-refractivity contribution in [2.45, 2.75) is 119 Å². The van der Waals surface area contributed by atoms with Crippen LogP contribution in [0.3, 0.4) is 0 Å². The summed E-state index contributed by atoms with van der Waals surface area (Å²) in [6, 6.07) is 10.7. The molecule has 1 aromatic carbocycles. The molecule has 0 aliphatic heterocycles. The number of hydrogen-bond donors (Lipinski definition) is 0. The Morgan fingerprint density at radius 1 is 1.04 bits per heavy atom. The van der Waals surface area contributed by atoms with Gasteiger partial charge < -0.3 is 19.0 Å². The monoisotopic (exact) mass is 635 g/mol. The lowest BCUT2D eigenvalue weighted by molar-refractivity contribution is -0.144. The molecule has 0 aliphatic carbocycles. The maximum Gasteiger partial charge on any atom is 0.311 e. The lowest BCUT2D eigenvalue weighted by atomic mass is 9.96. The van der Waals surface area contributed by atoms with Crippen molar-refractivity contribution < 1.29 is 28.6 Å². The number of unbranched alkanes of at least 4 members (excludes halogenated alkanes) is 3. The van der Waals surface area contributed by atoms with Crippen LogP contribution in [0.1, 0.15) is 115 Å². The van der Waals surface area contributed by atoms with Gasteiger partial charge in [0.15, 0.2) is 5.75 Å². The predicted molar refractivity (Wildman–Crippen MR) is 186 cm³/mol. The predicted octanol–water partition coefficient (Wildman–Crippen LogP) is 8.93. The number of aromatic nitrogens is 1. The summed E-state index contributed by atoms with van der Waals surface area (Å²) >= 11 is 0. The van der Waals surface area contributed by atoms with Gasteiger partial charge in [-0.2, -0.15) is 0 Å². The number of esters is 2. The van der Waals surface area contributed by atoms with E-state index in [1.807, 2.05) is 19.1 Å². The number of aryl methyl sites for hydroxylation is 2. The van der Waals surface area contributed by atoms with Crippen molar-refractivity contribution in [1.82, 2.24) is 4.98 Å². The molecule has 1 atom stereocenters. The van der Waals surface area contributed by atoms with E-state index in [1.165, 1.54) is 31.2 Å². The Bertz CT molecular complexity index is 1180. The number of terminal acetylenes is 1. The van der Waals surface area contributed by atoms with Crippen molar-refractivity contribution in [1.29, 1.82) is 0 Å². The first-order valence-corrected chi connectivity index (χ1v) is 16.5. The van der Waals surface area contributed by atoms with Crippen molar-refractivity contribution in [2.24, 2.45) is 11.8 Å². The minimum atomic E-state index is -0.311. The normalized spacial score (nSPS) is 11.0. The molecule has 1 heterocycles. The highest BCUT2D eigenvalue weighted by Crippen LogP contribution is 2.27. The number of carbonyl (C=O) groups excluding carboxylic acids is 3. The van der Waals surface area contributed by atoms with Crippen LogP contribution < -0.4 is 4.74 Å². The van der Waals surface area contributed by atoms with Gasteiger partial charge in [-0.15, -0.1) is 12.3 Å². The Balaban J connectivity index is 0.000000790. The Morgan fingerprint density at radius 3 is 2.33 bits per heavy atom. The van der Waals surface area contributed by atoms with E-state index in [-0.39, 0.29) is 31.1 Å². The minimum absolute atomic E-state index is 0.0739. The third kappa shape index (κ3) is 20.3. The molecule has 0 radical (unpaired) electrons. The second-order valence-electron chi connectivity index (χ2n) is 11.4. The van der Waals surface area contributed by atoms with E-state index in [0.717, 1.165) is 25.5 Å². The number of ether oxygens (including phenoxy) is 3. The molecule has 1 aromatic heterocycles. The number of benzene rings is 1. The first-order chi connectivity index (χ1) is 22.2. The van der Waals surface area contributed by atoms with E-state index in [9.17, 15) is 14.4 Å². The number of pyridine rings is 1. The second-order valence-corrected chi connectivity index (χ2v) is 11.4. The molecule has 0 bridgehead atoms. The average Bonchev–Trinajstić information content (AvgIpc) is 3.05. The van der Waals surface area contributed by atoms with Gasteiger partial charge in [0, 0.05) is 49.6 Å². The van der Waals surface area contributed by atoms with Gasteiger partial charge in [-0.1, -0.05) is 83.0 Å². The van der Waals surface area contributed by atoms with E-state index >= 15 is 0 Å². The average molecular weight is 636 g/mol. The molecule has 1 unspecified atom stereocenters. The second kappa shape index (κ2) is 27.5. The van der Waals surface area contributed by atoms with Gasteiger partial charge in [0.2, 0.25) is 0 Å². The molecule has 0 aliphatic rings. The van der Waals surface area contributed by atoms with E-state index < -0.39 is 0 Å². The molecule has 0 fully saturated rings. The molecule has 2 aromatic rings. The molecule has 0 N–H and O–H groups in total. The first kappa shape index (κ1) is 42.2. The van der Waals surface area contributed by atoms with Crippen LogP contribution in [0.25, 0.3) is 0 Å². The zero-order valence-corrected chi connectivity index (χ0v) is 29.3. The molecule has 0 amide bonds. The van der Waals surface area contributed by atoms with E-state index in [1.54, 1.807) is 27.2 Å². The fourth-order valence-corrected chi connectivity index (χ4v) is 4.36. The highest BCUT2D eigenvalue weighted by Gasteiger charge is 2.18. The number of nitrogens with zero attached hydrogens (tertiary/aromatic N) is 1. The van der Waals surface area contributed by atoms with Crippen molar-refractivity contribution in [3.8, 4) is 18.1 Å². The summed E-state index contributed by atoms with van der Waals surface area (Å²) < 4.78 is 15.9. The van der Waals surface area contributed by atoms with Crippen LogP contribution in [0, 0.1) is 31.1 Å². The maximum absolute atomic E-state index is 12.1. The highest BCUT2D eigenvalue weighted by atomic mass is 16.5. The molecule has 254 valence electrons. The number of allylic oxidation sites excluding steroid dienone is 2. The summed E-state index contributed by atoms with van der Waals surface area (Å²) in [6.07, 6.45) is 20.5. The van der Waals surface area contributed by atoms with Crippen LogP contribution in [0.4, 0.5) is 0 Å². The molecule has 0 saturated carbocycles. The van der Waals surface area contributed by atoms with E-state index in [2.05, 4.69) is 62.0 Å². The fourth-order valence-electron chi connectivity index (χ4n) is 4.36. The maximum atomic E-state index is 12.1. The smallest absolute Gasteiger partial charge is 0.311 e. The standard InChI is InChI=1S/C19H27NO5.C11H16.C9H14O/c1-5-7-8-9-10-18(22)25-19-14(3)20-11-15(16(19)13-23-4)12-24-17(21)6-2;1-2-3-5-8-11-9-6-4-7-10-11;1-4-5-9(7-10)6-8(2)3/h5,7,11H,6,8-10,12-13H2,1-4H3;4,6-7,9-10H,2-3,5,8H2,1H3;1,7-9H,5-6H2,2-3H3/b7-5-;;. The van der Waals surface area contributed by atoms with Gasteiger partial charge in [-0.3, -0.25) is 14.6 Å². The quantitative estimate of drug-likeness (QED) is 0.0531. The summed E-state index contributed by atoms with van der Waals surface area (Å²) in [5, 5.41) is 0. The van der Waals surface area contributed by atoms with E-state index in [4.69, 9.17) is 20.6 Å². The Kier molecular flexibility index (Phi) is 25.3. The van der Waals surface area contributed by atoms with Gasteiger partial charge >= 0.3 is 11.9 Å². The van der Waals surface area contributed by atoms with E-state index in [0.29, 0.717) is 47.8 Å². The Morgan fingerprint density at radius 2 is 1.76 bits per heavy atom. The molecule has 7 heteroatoms. The third-order valence-electron chi connectivity index (χ3n) is 6.83.